The molecule has 1 aromatic carbocycles. The van der Waals surface area contributed by atoms with Gasteiger partial charge in [0, 0.05) is 23.2 Å². The minimum Gasteiger partial charge on any atom is -0.371 e. The fraction of sp³-hybridized carbons (Fsp3) is 0.538. The third-order valence-electron chi connectivity index (χ3n) is 3.28. The van der Waals surface area contributed by atoms with Gasteiger partial charge in [-0.2, -0.15) is 0 Å². The van der Waals surface area contributed by atoms with Gasteiger partial charge >= 0.3 is 0 Å². The maximum atomic E-state index is 5.55. The van der Waals surface area contributed by atoms with Crippen LogP contribution >= 0.6 is 15.9 Å². The van der Waals surface area contributed by atoms with Gasteiger partial charge in [0.05, 0.1) is 0 Å². The van der Waals surface area contributed by atoms with E-state index in [1.807, 2.05) is 0 Å². The first-order valence-electron chi connectivity index (χ1n) is 6.00. The molecule has 0 aromatic heterocycles. The first kappa shape index (κ1) is 11.9. The lowest BCUT2D eigenvalue weighted by Gasteiger charge is -2.18. The van der Waals surface area contributed by atoms with E-state index in [0.717, 1.165) is 23.4 Å². The van der Waals surface area contributed by atoms with Gasteiger partial charge in [0.1, 0.15) is 0 Å². The van der Waals surface area contributed by atoms with Crippen LogP contribution in [0, 0.1) is 5.92 Å². The van der Waals surface area contributed by atoms with Crippen LogP contribution < -0.4 is 10.6 Å². The number of halogens is 1. The average Bonchev–Trinajstić information content (AvgIpc) is 2.75. The van der Waals surface area contributed by atoms with Crippen LogP contribution in [0.3, 0.4) is 0 Å². The van der Waals surface area contributed by atoms with Crippen molar-refractivity contribution in [3.63, 3.8) is 0 Å². The Balaban J connectivity index is 1.93. The van der Waals surface area contributed by atoms with Crippen LogP contribution in [0.25, 0.3) is 0 Å². The maximum absolute atomic E-state index is 5.55. The predicted molar refractivity (Wildman–Crippen MR) is 72.8 cm³/mol. The van der Waals surface area contributed by atoms with Crippen LogP contribution in [0.5, 0.6) is 0 Å². The molecule has 0 bridgehead atoms. The molecule has 0 saturated carbocycles. The van der Waals surface area contributed by atoms with Crippen LogP contribution in [0.1, 0.15) is 19.3 Å². The van der Waals surface area contributed by atoms with Crippen molar-refractivity contribution in [2.45, 2.75) is 19.3 Å². The molecule has 0 spiro atoms. The van der Waals surface area contributed by atoms with Crippen molar-refractivity contribution in [1.29, 1.82) is 0 Å². The highest BCUT2D eigenvalue weighted by Crippen LogP contribution is 2.27. The Morgan fingerprint density at radius 2 is 2.31 bits per heavy atom. The summed E-state index contributed by atoms with van der Waals surface area (Å²) in [5.41, 5.74) is 6.89. The lowest BCUT2D eigenvalue weighted by Crippen LogP contribution is -2.19. The zero-order valence-electron chi connectivity index (χ0n) is 9.53. The molecule has 1 aliphatic rings. The monoisotopic (exact) mass is 282 g/mol. The Labute approximate surface area is 106 Å². The summed E-state index contributed by atoms with van der Waals surface area (Å²) in [6.45, 7) is 3.20. The zero-order chi connectivity index (χ0) is 11.4. The number of nitrogens with zero attached hydrogens (tertiary/aromatic N) is 1. The summed E-state index contributed by atoms with van der Waals surface area (Å²) in [5.74, 6) is 0.836. The van der Waals surface area contributed by atoms with E-state index in [1.165, 1.54) is 31.6 Å². The van der Waals surface area contributed by atoms with Gasteiger partial charge < -0.3 is 10.6 Å². The molecule has 1 heterocycles. The first-order valence-corrected chi connectivity index (χ1v) is 6.79. The number of anilines is 1. The molecule has 1 fully saturated rings. The Morgan fingerprint density at radius 1 is 1.44 bits per heavy atom. The first-order chi connectivity index (χ1) is 7.79. The Kier molecular flexibility index (Phi) is 4.24. The van der Waals surface area contributed by atoms with Crippen molar-refractivity contribution < 1.29 is 0 Å². The lowest BCUT2D eigenvalue weighted by molar-refractivity contribution is 0.519. The van der Waals surface area contributed by atoms with E-state index in [-0.39, 0.29) is 0 Å². The van der Waals surface area contributed by atoms with E-state index >= 15 is 0 Å². The summed E-state index contributed by atoms with van der Waals surface area (Å²) in [4.78, 5) is 2.48. The summed E-state index contributed by atoms with van der Waals surface area (Å²) in [7, 11) is 0. The van der Waals surface area contributed by atoms with Crippen molar-refractivity contribution in [2.24, 2.45) is 11.7 Å². The topological polar surface area (TPSA) is 29.3 Å². The SMILES string of the molecule is NCCCC1CCN(c2cccc(Br)c2)C1. The number of nitrogens with two attached hydrogens (primary N) is 1. The third-order valence-corrected chi connectivity index (χ3v) is 3.77. The fourth-order valence-electron chi connectivity index (χ4n) is 2.38. The third kappa shape index (κ3) is 2.98. The molecular weight excluding hydrogens is 264 g/mol. The van der Waals surface area contributed by atoms with Gasteiger partial charge in [-0.1, -0.05) is 22.0 Å². The summed E-state index contributed by atoms with van der Waals surface area (Å²) in [6, 6.07) is 8.57. The van der Waals surface area contributed by atoms with Crippen LogP contribution in [0.2, 0.25) is 0 Å². The fourth-order valence-corrected chi connectivity index (χ4v) is 2.77. The summed E-state index contributed by atoms with van der Waals surface area (Å²) >= 11 is 3.52. The highest BCUT2D eigenvalue weighted by molar-refractivity contribution is 9.10. The van der Waals surface area contributed by atoms with E-state index in [1.54, 1.807) is 0 Å². The maximum Gasteiger partial charge on any atom is 0.0377 e. The number of benzene rings is 1. The van der Waals surface area contributed by atoms with Crippen LogP contribution in [-0.4, -0.2) is 19.6 Å². The van der Waals surface area contributed by atoms with Crippen LogP contribution in [-0.2, 0) is 0 Å². The molecule has 1 unspecified atom stereocenters. The van der Waals surface area contributed by atoms with Crippen molar-refractivity contribution in [1.82, 2.24) is 0 Å². The minimum absolute atomic E-state index is 0.827. The molecule has 3 heteroatoms. The van der Waals surface area contributed by atoms with E-state index in [9.17, 15) is 0 Å². The summed E-state index contributed by atoms with van der Waals surface area (Å²) in [5, 5.41) is 0. The highest BCUT2D eigenvalue weighted by atomic mass is 79.9. The van der Waals surface area contributed by atoms with Crippen molar-refractivity contribution >= 4 is 21.6 Å². The van der Waals surface area contributed by atoms with Gasteiger partial charge in [0.15, 0.2) is 0 Å². The number of hydrogen-bond acceptors (Lipinski definition) is 2. The largest absolute Gasteiger partial charge is 0.371 e. The van der Waals surface area contributed by atoms with Gasteiger partial charge in [-0.3, -0.25) is 0 Å². The minimum atomic E-state index is 0.827. The molecule has 2 rings (SSSR count). The second kappa shape index (κ2) is 5.69. The molecule has 0 amide bonds. The van der Waals surface area contributed by atoms with Crippen molar-refractivity contribution in [3.8, 4) is 0 Å². The van der Waals surface area contributed by atoms with E-state index < -0.39 is 0 Å². The van der Waals surface area contributed by atoms with Gasteiger partial charge in [-0.05, 0) is 49.9 Å². The van der Waals surface area contributed by atoms with Gasteiger partial charge in [-0.15, -0.1) is 0 Å². The molecule has 16 heavy (non-hydrogen) atoms. The van der Waals surface area contributed by atoms with Crippen LogP contribution in [0.4, 0.5) is 5.69 Å². The second-order valence-electron chi connectivity index (χ2n) is 4.51. The lowest BCUT2D eigenvalue weighted by atomic mass is 10.0. The molecular formula is C13H19BrN2. The van der Waals surface area contributed by atoms with Crippen molar-refractivity contribution in [2.75, 3.05) is 24.5 Å². The number of hydrogen-bond donors (Lipinski definition) is 1. The molecule has 2 nitrogen and oxygen atoms in total. The smallest absolute Gasteiger partial charge is 0.0377 e. The zero-order valence-corrected chi connectivity index (χ0v) is 11.1. The average molecular weight is 283 g/mol. The molecule has 0 aliphatic carbocycles. The molecule has 1 aromatic rings. The van der Waals surface area contributed by atoms with E-state index in [0.29, 0.717) is 0 Å². The van der Waals surface area contributed by atoms with Crippen LogP contribution in [0.15, 0.2) is 28.7 Å². The quantitative estimate of drug-likeness (QED) is 0.920. The van der Waals surface area contributed by atoms with Gasteiger partial charge in [0.25, 0.3) is 0 Å². The summed E-state index contributed by atoms with van der Waals surface area (Å²) < 4.78 is 1.16. The Bertz CT molecular complexity index is 340. The molecule has 1 atom stereocenters. The van der Waals surface area contributed by atoms with Gasteiger partial charge in [0.2, 0.25) is 0 Å². The molecule has 1 aliphatic heterocycles. The molecule has 0 radical (unpaired) electrons. The van der Waals surface area contributed by atoms with Gasteiger partial charge in [-0.25, -0.2) is 0 Å². The Morgan fingerprint density at radius 3 is 3.06 bits per heavy atom. The normalized spacial score (nSPS) is 20.4. The molecule has 1 saturated heterocycles. The van der Waals surface area contributed by atoms with E-state index in [2.05, 4.69) is 45.1 Å². The molecule has 88 valence electrons. The second-order valence-corrected chi connectivity index (χ2v) is 5.43. The molecule has 2 N–H and O–H groups in total. The highest BCUT2D eigenvalue weighted by Gasteiger charge is 2.21. The number of rotatable bonds is 4. The van der Waals surface area contributed by atoms with E-state index in [4.69, 9.17) is 5.73 Å². The van der Waals surface area contributed by atoms with Crippen molar-refractivity contribution in [3.05, 3.63) is 28.7 Å². The standard InChI is InChI=1S/C13H19BrN2/c14-12-4-1-5-13(9-12)16-8-6-11(10-16)3-2-7-15/h1,4-5,9,11H,2-3,6-8,10,15H2. The summed E-state index contributed by atoms with van der Waals surface area (Å²) in [6.07, 6.45) is 3.75. The predicted octanol–water partition coefficient (Wildman–Crippen LogP) is 3.01. The Hall–Kier alpha value is -0.540.